The van der Waals surface area contributed by atoms with Gasteiger partial charge >= 0.3 is 0 Å². The summed E-state index contributed by atoms with van der Waals surface area (Å²) in [4.78, 5) is 2.13. The SMILES string of the molecule is CCC(O)CNC(C)CN(C)C. The summed E-state index contributed by atoms with van der Waals surface area (Å²) < 4.78 is 0. The van der Waals surface area contributed by atoms with Crippen molar-refractivity contribution < 1.29 is 5.11 Å². The summed E-state index contributed by atoms with van der Waals surface area (Å²) in [7, 11) is 4.10. The van der Waals surface area contributed by atoms with E-state index in [1.807, 2.05) is 6.92 Å². The lowest BCUT2D eigenvalue weighted by molar-refractivity contribution is 0.161. The molecule has 0 saturated heterocycles. The molecule has 0 heterocycles. The van der Waals surface area contributed by atoms with Gasteiger partial charge in [-0.2, -0.15) is 0 Å². The second-order valence-electron chi connectivity index (χ2n) is 3.63. The predicted octanol–water partition coefficient (Wildman–Crippen LogP) is 0.297. The first-order valence-electron chi connectivity index (χ1n) is 4.62. The fraction of sp³-hybridized carbons (Fsp3) is 1.00. The Morgan fingerprint density at radius 2 is 2.00 bits per heavy atom. The number of hydrogen-bond acceptors (Lipinski definition) is 3. The fourth-order valence-corrected chi connectivity index (χ4v) is 1.09. The third-order valence-electron chi connectivity index (χ3n) is 1.81. The van der Waals surface area contributed by atoms with E-state index in [-0.39, 0.29) is 6.10 Å². The van der Waals surface area contributed by atoms with Gasteiger partial charge in [-0.15, -0.1) is 0 Å². The molecule has 12 heavy (non-hydrogen) atoms. The maximum atomic E-state index is 9.26. The van der Waals surface area contributed by atoms with Crippen LogP contribution >= 0.6 is 0 Å². The third kappa shape index (κ3) is 6.58. The van der Waals surface area contributed by atoms with E-state index in [4.69, 9.17) is 0 Å². The highest BCUT2D eigenvalue weighted by Crippen LogP contribution is 1.89. The van der Waals surface area contributed by atoms with Crippen molar-refractivity contribution in [3.63, 3.8) is 0 Å². The third-order valence-corrected chi connectivity index (χ3v) is 1.81. The summed E-state index contributed by atoms with van der Waals surface area (Å²) in [5.74, 6) is 0. The van der Waals surface area contributed by atoms with Gasteiger partial charge in [-0.05, 0) is 27.4 Å². The van der Waals surface area contributed by atoms with Crippen LogP contribution in [0.3, 0.4) is 0 Å². The van der Waals surface area contributed by atoms with Crippen molar-refractivity contribution in [3.05, 3.63) is 0 Å². The standard InChI is InChI=1S/C9H22N2O/c1-5-9(12)6-10-8(2)7-11(3)4/h8-10,12H,5-7H2,1-4H3. The largest absolute Gasteiger partial charge is 0.392 e. The van der Waals surface area contributed by atoms with E-state index in [1.165, 1.54) is 0 Å². The highest BCUT2D eigenvalue weighted by atomic mass is 16.3. The van der Waals surface area contributed by atoms with Gasteiger partial charge in [-0.1, -0.05) is 6.92 Å². The Morgan fingerprint density at radius 1 is 1.42 bits per heavy atom. The Kier molecular flexibility index (Phi) is 6.34. The minimum Gasteiger partial charge on any atom is -0.392 e. The van der Waals surface area contributed by atoms with Crippen molar-refractivity contribution in [2.75, 3.05) is 27.2 Å². The zero-order valence-corrected chi connectivity index (χ0v) is 8.67. The van der Waals surface area contributed by atoms with Crippen molar-refractivity contribution in [1.29, 1.82) is 0 Å². The lowest BCUT2D eigenvalue weighted by Gasteiger charge is -2.19. The summed E-state index contributed by atoms with van der Waals surface area (Å²) >= 11 is 0. The van der Waals surface area contributed by atoms with Crippen LogP contribution in [0.25, 0.3) is 0 Å². The molecule has 0 aliphatic carbocycles. The van der Waals surface area contributed by atoms with Crippen LogP contribution < -0.4 is 5.32 Å². The molecule has 0 saturated carbocycles. The van der Waals surface area contributed by atoms with Gasteiger partial charge < -0.3 is 15.3 Å². The molecule has 0 fully saturated rings. The summed E-state index contributed by atoms with van der Waals surface area (Å²) in [6.07, 6.45) is 0.622. The summed E-state index contributed by atoms with van der Waals surface area (Å²) in [6.45, 7) is 5.83. The normalized spacial score (nSPS) is 16.5. The molecule has 0 amide bonds. The maximum absolute atomic E-state index is 9.26. The topological polar surface area (TPSA) is 35.5 Å². The smallest absolute Gasteiger partial charge is 0.0662 e. The maximum Gasteiger partial charge on any atom is 0.0662 e. The van der Waals surface area contributed by atoms with Gasteiger partial charge in [0.05, 0.1) is 6.10 Å². The molecule has 0 radical (unpaired) electrons. The van der Waals surface area contributed by atoms with Crippen LogP contribution in [0.15, 0.2) is 0 Å². The van der Waals surface area contributed by atoms with Crippen LogP contribution in [0, 0.1) is 0 Å². The van der Waals surface area contributed by atoms with Crippen LogP contribution in [0.4, 0.5) is 0 Å². The molecular weight excluding hydrogens is 152 g/mol. The van der Waals surface area contributed by atoms with Crippen LogP contribution in [-0.4, -0.2) is 49.3 Å². The van der Waals surface area contributed by atoms with Gasteiger partial charge in [0.25, 0.3) is 0 Å². The van der Waals surface area contributed by atoms with E-state index < -0.39 is 0 Å². The average Bonchev–Trinajstić information content (AvgIpc) is 1.99. The molecule has 0 aliphatic rings. The first-order valence-corrected chi connectivity index (χ1v) is 4.62. The molecule has 0 rings (SSSR count). The van der Waals surface area contributed by atoms with Crippen LogP contribution in [0.2, 0.25) is 0 Å². The number of rotatable bonds is 6. The second kappa shape index (κ2) is 6.40. The van der Waals surface area contributed by atoms with E-state index in [0.29, 0.717) is 12.6 Å². The molecule has 2 N–H and O–H groups in total. The Hall–Kier alpha value is -0.120. The molecule has 3 heteroatoms. The summed E-state index contributed by atoms with van der Waals surface area (Å²) in [5, 5.41) is 12.5. The van der Waals surface area contributed by atoms with Crippen molar-refractivity contribution >= 4 is 0 Å². The van der Waals surface area contributed by atoms with Gasteiger partial charge in [-0.3, -0.25) is 0 Å². The summed E-state index contributed by atoms with van der Waals surface area (Å²) in [5.41, 5.74) is 0. The Bertz CT molecular complexity index is 107. The molecule has 0 spiro atoms. The number of likely N-dealkylation sites (N-methyl/N-ethyl adjacent to an activating group) is 1. The molecule has 0 aromatic rings. The number of aliphatic hydroxyl groups is 1. The number of aliphatic hydroxyl groups excluding tert-OH is 1. The van der Waals surface area contributed by atoms with E-state index >= 15 is 0 Å². The minimum absolute atomic E-state index is 0.199. The van der Waals surface area contributed by atoms with Gasteiger partial charge in [-0.25, -0.2) is 0 Å². The van der Waals surface area contributed by atoms with Crippen LogP contribution in [-0.2, 0) is 0 Å². The Labute approximate surface area is 75.8 Å². The molecule has 0 aromatic carbocycles. The molecule has 0 aromatic heterocycles. The highest BCUT2D eigenvalue weighted by molar-refractivity contribution is 4.66. The van der Waals surface area contributed by atoms with Crippen molar-refractivity contribution in [3.8, 4) is 0 Å². The zero-order valence-electron chi connectivity index (χ0n) is 8.67. The Morgan fingerprint density at radius 3 is 2.42 bits per heavy atom. The lowest BCUT2D eigenvalue weighted by Crippen LogP contribution is -2.39. The van der Waals surface area contributed by atoms with E-state index in [9.17, 15) is 5.11 Å². The quantitative estimate of drug-likeness (QED) is 0.608. The molecular formula is C9H22N2O. The van der Waals surface area contributed by atoms with Gasteiger partial charge in [0.2, 0.25) is 0 Å². The van der Waals surface area contributed by atoms with E-state index in [1.54, 1.807) is 0 Å². The van der Waals surface area contributed by atoms with Crippen molar-refractivity contribution in [1.82, 2.24) is 10.2 Å². The highest BCUT2D eigenvalue weighted by Gasteiger charge is 2.05. The predicted molar refractivity (Wildman–Crippen MR) is 52.3 cm³/mol. The first kappa shape index (κ1) is 11.9. The molecule has 0 bridgehead atoms. The molecule has 0 aliphatic heterocycles. The van der Waals surface area contributed by atoms with E-state index in [0.717, 1.165) is 13.0 Å². The average molecular weight is 174 g/mol. The number of hydrogen-bond donors (Lipinski definition) is 2. The fourth-order valence-electron chi connectivity index (χ4n) is 1.09. The Balaban J connectivity index is 3.36. The van der Waals surface area contributed by atoms with Gasteiger partial charge in [0.15, 0.2) is 0 Å². The minimum atomic E-state index is -0.199. The van der Waals surface area contributed by atoms with E-state index in [2.05, 4.69) is 31.2 Å². The monoisotopic (exact) mass is 174 g/mol. The van der Waals surface area contributed by atoms with Gasteiger partial charge in [0.1, 0.15) is 0 Å². The van der Waals surface area contributed by atoms with Crippen LogP contribution in [0.1, 0.15) is 20.3 Å². The molecule has 74 valence electrons. The molecule has 2 unspecified atom stereocenters. The second-order valence-corrected chi connectivity index (χ2v) is 3.63. The first-order chi connectivity index (χ1) is 5.56. The van der Waals surface area contributed by atoms with Crippen LogP contribution in [0.5, 0.6) is 0 Å². The molecule has 2 atom stereocenters. The molecule has 3 nitrogen and oxygen atoms in total. The summed E-state index contributed by atoms with van der Waals surface area (Å²) in [6, 6.07) is 0.446. The zero-order chi connectivity index (χ0) is 9.56. The van der Waals surface area contributed by atoms with Gasteiger partial charge in [0, 0.05) is 19.1 Å². The number of nitrogens with zero attached hydrogens (tertiary/aromatic N) is 1. The van der Waals surface area contributed by atoms with Crippen molar-refractivity contribution in [2.45, 2.75) is 32.4 Å². The number of nitrogens with one attached hydrogen (secondary N) is 1. The lowest BCUT2D eigenvalue weighted by atomic mass is 10.2. The van der Waals surface area contributed by atoms with Crippen molar-refractivity contribution in [2.24, 2.45) is 0 Å².